The quantitative estimate of drug-likeness (QED) is 0.886. The summed E-state index contributed by atoms with van der Waals surface area (Å²) in [5.74, 6) is -2.29. The van der Waals surface area contributed by atoms with E-state index in [1.54, 1.807) is 18.2 Å². The molecule has 1 aliphatic rings. The molecule has 0 saturated heterocycles. The SMILES string of the molecule is O=C(NCc1ccc(F)cc1)C1CC1C(=O)Nc1ccccc1F. The van der Waals surface area contributed by atoms with Crippen molar-refractivity contribution in [2.75, 3.05) is 5.32 Å². The Morgan fingerprint density at radius 3 is 2.33 bits per heavy atom. The zero-order valence-electron chi connectivity index (χ0n) is 12.8. The highest BCUT2D eigenvalue weighted by molar-refractivity contribution is 5.99. The third-order valence-corrected chi connectivity index (χ3v) is 3.98. The minimum atomic E-state index is -0.510. The summed E-state index contributed by atoms with van der Waals surface area (Å²) in [4.78, 5) is 24.1. The first-order valence-corrected chi connectivity index (χ1v) is 7.62. The van der Waals surface area contributed by atoms with Crippen LogP contribution in [-0.2, 0) is 16.1 Å². The Hall–Kier alpha value is -2.76. The largest absolute Gasteiger partial charge is 0.352 e. The molecule has 0 aliphatic heterocycles. The molecule has 0 radical (unpaired) electrons. The van der Waals surface area contributed by atoms with Crippen LogP contribution in [-0.4, -0.2) is 11.8 Å². The highest BCUT2D eigenvalue weighted by atomic mass is 19.1. The predicted octanol–water partition coefficient (Wildman–Crippen LogP) is 2.86. The van der Waals surface area contributed by atoms with Crippen LogP contribution < -0.4 is 10.6 Å². The molecule has 4 nitrogen and oxygen atoms in total. The fourth-order valence-corrected chi connectivity index (χ4v) is 2.49. The Balaban J connectivity index is 1.49. The second kappa shape index (κ2) is 6.78. The third kappa shape index (κ3) is 3.76. The number of carbonyl (C=O) groups excluding carboxylic acids is 2. The van der Waals surface area contributed by atoms with Gasteiger partial charge in [0.25, 0.3) is 0 Å². The average Bonchev–Trinajstić information content (AvgIpc) is 3.37. The molecule has 124 valence electrons. The van der Waals surface area contributed by atoms with Crippen molar-refractivity contribution in [2.24, 2.45) is 11.8 Å². The van der Waals surface area contributed by atoms with Crippen LogP contribution in [0.2, 0.25) is 0 Å². The second-order valence-electron chi connectivity index (χ2n) is 5.76. The number of hydrogen-bond donors (Lipinski definition) is 2. The lowest BCUT2D eigenvalue weighted by molar-refractivity contribution is -0.125. The fraction of sp³-hybridized carbons (Fsp3) is 0.222. The van der Waals surface area contributed by atoms with Crippen molar-refractivity contribution in [1.82, 2.24) is 5.32 Å². The van der Waals surface area contributed by atoms with E-state index in [0.717, 1.165) is 5.56 Å². The smallest absolute Gasteiger partial charge is 0.228 e. The molecule has 2 amide bonds. The van der Waals surface area contributed by atoms with Crippen molar-refractivity contribution in [3.63, 3.8) is 0 Å². The van der Waals surface area contributed by atoms with Gasteiger partial charge in [0.2, 0.25) is 11.8 Å². The Kier molecular flexibility index (Phi) is 4.55. The zero-order chi connectivity index (χ0) is 17.1. The van der Waals surface area contributed by atoms with Gasteiger partial charge in [0.05, 0.1) is 17.5 Å². The summed E-state index contributed by atoms with van der Waals surface area (Å²) in [5, 5.41) is 5.23. The van der Waals surface area contributed by atoms with E-state index in [-0.39, 0.29) is 29.9 Å². The molecular formula is C18H16F2N2O2. The summed E-state index contributed by atoms with van der Waals surface area (Å²) in [7, 11) is 0. The van der Waals surface area contributed by atoms with Crippen molar-refractivity contribution < 1.29 is 18.4 Å². The van der Waals surface area contributed by atoms with Gasteiger partial charge in [-0.15, -0.1) is 0 Å². The van der Waals surface area contributed by atoms with E-state index in [1.807, 2.05) is 0 Å². The number of rotatable bonds is 5. The molecule has 2 N–H and O–H groups in total. The Bertz CT molecular complexity index is 762. The minimum absolute atomic E-state index is 0.111. The molecule has 1 aliphatic carbocycles. The highest BCUT2D eigenvalue weighted by Gasteiger charge is 2.48. The number of amides is 2. The van der Waals surface area contributed by atoms with Gasteiger partial charge < -0.3 is 10.6 Å². The number of hydrogen-bond acceptors (Lipinski definition) is 2. The molecule has 3 rings (SSSR count). The zero-order valence-corrected chi connectivity index (χ0v) is 12.8. The second-order valence-corrected chi connectivity index (χ2v) is 5.76. The minimum Gasteiger partial charge on any atom is -0.352 e. The van der Waals surface area contributed by atoms with E-state index in [0.29, 0.717) is 6.42 Å². The number of carbonyl (C=O) groups is 2. The van der Waals surface area contributed by atoms with E-state index in [2.05, 4.69) is 10.6 Å². The number of anilines is 1. The summed E-state index contributed by atoms with van der Waals surface area (Å²) >= 11 is 0. The van der Waals surface area contributed by atoms with Gasteiger partial charge >= 0.3 is 0 Å². The van der Waals surface area contributed by atoms with Gasteiger partial charge in [-0.25, -0.2) is 8.78 Å². The van der Waals surface area contributed by atoms with Gasteiger partial charge in [0.1, 0.15) is 11.6 Å². The Morgan fingerprint density at radius 1 is 0.958 bits per heavy atom. The molecule has 6 heteroatoms. The number of benzene rings is 2. The highest BCUT2D eigenvalue weighted by Crippen LogP contribution is 2.39. The molecule has 24 heavy (non-hydrogen) atoms. The van der Waals surface area contributed by atoms with Gasteiger partial charge in [0.15, 0.2) is 0 Å². The normalized spacial score (nSPS) is 18.8. The van der Waals surface area contributed by atoms with E-state index in [4.69, 9.17) is 0 Å². The topological polar surface area (TPSA) is 58.2 Å². The van der Waals surface area contributed by atoms with E-state index in [1.165, 1.54) is 30.3 Å². The van der Waals surface area contributed by atoms with E-state index >= 15 is 0 Å². The first-order chi connectivity index (χ1) is 11.5. The third-order valence-electron chi connectivity index (χ3n) is 3.98. The van der Waals surface area contributed by atoms with Crippen LogP contribution in [0.5, 0.6) is 0 Å². The molecule has 2 unspecified atom stereocenters. The molecule has 1 saturated carbocycles. The van der Waals surface area contributed by atoms with E-state index in [9.17, 15) is 18.4 Å². The molecule has 2 atom stereocenters. The summed E-state index contributed by atoms with van der Waals surface area (Å²) in [6.45, 7) is 0.275. The van der Waals surface area contributed by atoms with Crippen molar-refractivity contribution in [3.05, 3.63) is 65.7 Å². The lowest BCUT2D eigenvalue weighted by atomic mass is 10.2. The molecule has 2 aromatic carbocycles. The molecular weight excluding hydrogens is 314 g/mol. The van der Waals surface area contributed by atoms with Crippen LogP contribution in [0.1, 0.15) is 12.0 Å². The predicted molar refractivity (Wildman–Crippen MR) is 84.9 cm³/mol. The van der Waals surface area contributed by atoms with Gasteiger partial charge in [-0.1, -0.05) is 24.3 Å². The lowest BCUT2D eigenvalue weighted by Crippen LogP contribution is -2.27. The van der Waals surface area contributed by atoms with Crippen molar-refractivity contribution in [3.8, 4) is 0 Å². The van der Waals surface area contributed by atoms with Gasteiger partial charge in [-0.05, 0) is 36.2 Å². The Labute approximate surface area is 137 Å². The van der Waals surface area contributed by atoms with Crippen LogP contribution in [0, 0.1) is 23.5 Å². The monoisotopic (exact) mass is 330 g/mol. The maximum absolute atomic E-state index is 13.5. The number of halogens is 2. The number of para-hydroxylation sites is 1. The number of nitrogens with one attached hydrogen (secondary N) is 2. The molecule has 0 spiro atoms. The van der Waals surface area contributed by atoms with Gasteiger partial charge in [-0.3, -0.25) is 9.59 Å². The maximum Gasteiger partial charge on any atom is 0.228 e. The van der Waals surface area contributed by atoms with Crippen molar-refractivity contribution >= 4 is 17.5 Å². The average molecular weight is 330 g/mol. The first-order valence-electron chi connectivity index (χ1n) is 7.62. The van der Waals surface area contributed by atoms with Crippen LogP contribution in [0.4, 0.5) is 14.5 Å². The first kappa shape index (κ1) is 16.1. The lowest BCUT2D eigenvalue weighted by Gasteiger charge is -2.07. The van der Waals surface area contributed by atoms with Crippen LogP contribution in [0.15, 0.2) is 48.5 Å². The van der Waals surface area contributed by atoms with Crippen LogP contribution in [0.25, 0.3) is 0 Å². The van der Waals surface area contributed by atoms with Crippen molar-refractivity contribution in [1.29, 1.82) is 0 Å². The molecule has 0 aromatic heterocycles. The molecule has 2 aromatic rings. The maximum atomic E-state index is 13.5. The standard InChI is InChI=1S/C18H16F2N2O2/c19-12-7-5-11(6-8-12)10-21-17(23)13-9-14(13)18(24)22-16-4-2-1-3-15(16)20/h1-8,13-14H,9-10H2,(H,21,23)(H,22,24). The summed E-state index contributed by atoms with van der Waals surface area (Å²) in [6.07, 6.45) is 0.440. The van der Waals surface area contributed by atoms with Crippen LogP contribution >= 0.6 is 0 Å². The van der Waals surface area contributed by atoms with Crippen LogP contribution in [0.3, 0.4) is 0 Å². The summed E-state index contributed by atoms with van der Waals surface area (Å²) in [6, 6.07) is 11.7. The Morgan fingerprint density at radius 2 is 1.62 bits per heavy atom. The van der Waals surface area contributed by atoms with E-state index < -0.39 is 17.7 Å². The fourth-order valence-electron chi connectivity index (χ4n) is 2.49. The summed E-state index contributed by atoms with van der Waals surface area (Å²) < 4.78 is 26.3. The van der Waals surface area contributed by atoms with Crippen molar-refractivity contribution in [2.45, 2.75) is 13.0 Å². The molecule has 0 bridgehead atoms. The molecule has 1 fully saturated rings. The van der Waals surface area contributed by atoms with Gasteiger partial charge in [-0.2, -0.15) is 0 Å². The van der Waals surface area contributed by atoms with Gasteiger partial charge in [0, 0.05) is 6.54 Å². The summed E-state index contributed by atoms with van der Waals surface area (Å²) in [5.41, 5.74) is 0.887. The molecule has 0 heterocycles.